The van der Waals surface area contributed by atoms with E-state index in [1.54, 1.807) is 30.5 Å². The molecule has 0 saturated carbocycles. The largest absolute Gasteiger partial charge is 0.464 e. The van der Waals surface area contributed by atoms with E-state index in [-0.39, 0.29) is 5.56 Å². The number of nitrogens with one attached hydrogen (secondary N) is 2. The number of amides is 1. The third-order valence-electron chi connectivity index (χ3n) is 4.39. The standard InChI is InChI=1S/C22H15F3N2O2/c23-22(24,25)15-6-4-14(5-7-15)21(28)27-17-10-8-16(9-11-17)26-19-2-1-3-20-18(19)12-13-29-20/h1-13,26H,(H,27,28). The Balaban J connectivity index is 1.44. The van der Waals surface area contributed by atoms with Gasteiger partial charge in [-0.2, -0.15) is 13.2 Å². The van der Waals surface area contributed by atoms with E-state index in [2.05, 4.69) is 10.6 Å². The summed E-state index contributed by atoms with van der Waals surface area (Å²) in [6.45, 7) is 0. The number of benzene rings is 3. The number of hydrogen-bond acceptors (Lipinski definition) is 3. The van der Waals surface area contributed by atoms with Gasteiger partial charge >= 0.3 is 6.18 Å². The molecule has 0 saturated heterocycles. The summed E-state index contributed by atoms with van der Waals surface area (Å²) in [5, 5.41) is 6.91. The van der Waals surface area contributed by atoms with Gasteiger partial charge in [0.25, 0.3) is 5.91 Å². The summed E-state index contributed by atoms with van der Waals surface area (Å²) in [6, 6.07) is 18.6. The molecule has 146 valence electrons. The van der Waals surface area contributed by atoms with Gasteiger partial charge in [0.2, 0.25) is 0 Å². The number of alkyl halides is 3. The van der Waals surface area contributed by atoms with Gasteiger partial charge in [0.1, 0.15) is 5.58 Å². The summed E-state index contributed by atoms with van der Waals surface area (Å²) in [5.74, 6) is -0.484. The van der Waals surface area contributed by atoms with E-state index in [1.807, 2.05) is 24.3 Å². The number of halogens is 3. The second-order valence-corrected chi connectivity index (χ2v) is 6.37. The molecular formula is C22H15F3N2O2. The average Bonchev–Trinajstić information content (AvgIpc) is 3.19. The van der Waals surface area contributed by atoms with Crippen LogP contribution in [0.5, 0.6) is 0 Å². The summed E-state index contributed by atoms with van der Waals surface area (Å²) in [7, 11) is 0. The zero-order chi connectivity index (χ0) is 20.4. The first-order valence-corrected chi connectivity index (χ1v) is 8.72. The number of rotatable bonds is 4. The third-order valence-corrected chi connectivity index (χ3v) is 4.39. The fourth-order valence-electron chi connectivity index (χ4n) is 2.91. The van der Waals surface area contributed by atoms with Crippen LogP contribution in [-0.2, 0) is 6.18 Å². The molecule has 7 heteroatoms. The first-order chi connectivity index (χ1) is 13.9. The molecule has 0 aliphatic rings. The molecule has 1 aromatic heterocycles. The van der Waals surface area contributed by atoms with Crippen LogP contribution >= 0.6 is 0 Å². The monoisotopic (exact) mass is 396 g/mol. The Kier molecular flexibility index (Phi) is 4.72. The van der Waals surface area contributed by atoms with Crippen molar-refractivity contribution in [1.82, 2.24) is 0 Å². The number of fused-ring (bicyclic) bond motifs is 1. The van der Waals surface area contributed by atoms with E-state index in [9.17, 15) is 18.0 Å². The maximum Gasteiger partial charge on any atom is 0.416 e. The van der Waals surface area contributed by atoms with Crippen molar-refractivity contribution in [2.75, 3.05) is 10.6 Å². The fraction of sp³-hybridized carbons (Fsp3) is 0.0455. The maximum atomic E-state index is 12.6. The molecule has 1 heterocycles. The first-order valence-electron chi connectivity index (χ1n) is 8.72. The molecular weight excluding hydrogens is 381 g/mol. The van der Waals surface area contributed by atoms with E-state index in [0.29, 0.717) is 5.69 Å². The second kappa shape index (κ2) is 7.35. The Morgan fingerprint density at radius 3 is 2.21 bits per heavy atom. The van der Waals surface area contributed by atoms with Crippen LogP contribution in [0.15, 0.2) is 83.5 Å². The topological polar surface area (TPSA) is 54.3 Å². The van der Waals surface area contributed by atoms with Crippen LogP contribution in [0.1, 0.15) is 15.9 Å². The Morgan fingerprint density at radius 2 is 1.52 bits per heavy atom. The summed E-state index contributed by atoms with van der Waals surface area (Å²) in [6.07, 6.45) is -2.81. The van der Waals surface area contributed by atoms with Gasteiger partial charge in [0.15, 0.2) is 0 Å². The predicted molar refractivity (Wildman–Crippen MR) is 105 cm³/mol. The number of carbonyl (C=O) groups is 1. The Labute approximate surface area is 164 Å². The normalized spacial score (nSPS) is 11.4. The molecule has 0 aliphatic heterocycles. The zero-order valence-electron chi connectivity index (χ0n) is 15.0. The summed E-state index contributed by atoms with van der Waals surface area (Å²) < 4.78 is 43.2. The molecule has 4 aromatic rings. The molecule has 29 heavy (non-hydrogen) atoms. The summed E-state index contributed by atoms with van der Waals surface area (Å²) in [5.41, 5.74) is 2.35. The molecule has 0 spiro atoms. The Bertz CT molecular complexity index is 1150. The minimum Gasteiger partial charge on any atom is -0.464 e. The highest BCUT2D eigenvalue weighted by atomic mass is 19.4. The lowest BCUT2D eigenvalue weighted by atomic mass is 10.1. The number of anilines is 3. The van der Waals surface area contributed by atoms with Crippen molar-refractivity contribution in [1.29, 1.82) is 0 Å². The second-order valence-electron chi connectivity index (χ2n) is 6.37. The number of hydrogen-bond donors (Lipinski definition) is 2. The average molecular weight is 396 g/mol. The van der Waals surface area contributed by atoms with Crippen molar-refractivity contribution in [3.05, 3.63) is 90.2 Å². The minimum absolute atomic E-state index is 0.145. The van der Waals surface area contributed by atoms with Gasteiger partial charge in [-0.15, -0.1) is 0 Å². The SMILES string of the molecule is O=C(Nc1ccc(Nc2cccc3occc23)cc1)c1ccc(C(F)(F)F)cc1. The van der Waals surface area contributed by atoms with Crippen LogP contribution < -0.4 is 10.6 Å². The summed E-state index contributed by atoms with van der Waals surface area (Å²) in [4.78, 5) is 12.2. The lowest BCUT2D eigenvalue weighted by Crippen LogP contribution is -2.12. The highest BCUT2D eigenvalue weighted by molar-refractivity contribution is 6.04. The molecule has 0 aliphatic carbocycles. The lowest BCUT2D eigenvalue weighted by molar-refractivity contribution is -0.137. The van der Waals surface area contributed by atoms with Crippen molar-refractivity contribution < 1.29 is 22.4 Å². The molecule has 4 rings (SSSR count). The van der Waals surface area contributed by atoms with E-state index >= 15 is 0 Å². The van der Waals surface area contributed by atoms with Crippen molar-refractivity contribution in [2.24, 2.45) is 0 Å². The van der Waals surface area contributed by atoms with Crippen molar-refractivity contribution >= 4 is 33.9 Å². The van der Waals surface area contributed by atoms with Crippen LogP contribution in [0.25, 0.3) is 11.0 Å². The summed E-state index contributed by atoms with van der Waals surface area (Å²) >= 11 is 0. The van der Waals surface area contributed by atoms with Gasteiger partial charge in [0, 0.05) is 28.0 Å². The molecule has 4 nitrogen and oxygen atoms in total. The molecule has 0 bridgehead atoms. The highest BCUT2D eigenvalue weighted by Gasteiger charge is 2.30. The highest BCUT2D eigenvalue weighted by Crippen LogP contribution is 2.30. The smallest absolute Gasteiger partial charge is 0.416 e. The molecule has 0 radical (unpaired) electrons. The van der Waals surface area contributed by atoms with E-state index in [0.717, 1.165) is 46.6 Å². The number of furan rings is 1. The van der Waals surface area contributed by atoms with Gasteiger partial charge in [-0.05, 0) is 66.7 Å². The molecule has 3 aromatic carbocycles. The van der Waals surface area contributed by atoms with E-state index in [1.165, 1.54) is 0 Å². The fourth-order valence-corrected chi connectivity index (χ4v) is 2.91. The minimum atomic E-state index is -4.43. The van der Waals surface area contributed by atoms with Crippen LogP contribution in [0.2, 0.25) is 0 Å². The van der Waals surface area contributed by atoms with Gasteiger partial charge in [-0.25, -0.2) is 0 Å². The van der Waals surface area contributed by atoms with E-state index < -0.39 is 17.6 Å². The molecule has 1 amide bonds. The molecule has 0 unspecified atom stereocenters. The van der Waals surface area contributed by atoms with Crippen molar-refractivity contribution in [3.63, 3.8) is 0 Å². The van der Waals surface area contributed by atoms with Gasteiger partial charge in [0.05, 0.1) is 11.8 Å². The van der Waals surface area contributed by atoms with Crippen LogP contribution in [0.4, 0.5) is 30.2 Å². The van der Waals surface area contributed by atoms with Gasteiger partial charge < -0.3 is 15.1 Å². The molecule has 0 atom stereocenters. The quantitative estimate of drug-likeness (QED) is 0.417. The van der Waals surface area contributed by atoms with Crippen LogP contribution in [-0.4, -0.2) is 5.91 Å². The lowest BCUT2D eigenvalue weighted by Gasteiger charge is -2.10. The third kappa shape index (κ3) is 4.08. The van der Waals surface area contributed by atoms with Crippen LogP contribution in [0, 0.1) is 0 Å². The van der Waals surface area contributed by atoms with Crippen molar-refractivity contribution in [3.8, 4) is 0 Å². The first kappa shape index (κ1) is 18.6. The van der Waals surface area contributed by atoms with E-state index in [4.69, 9.17) is 4.42 Å². The molecule has 0 fully saturated rings. The number of carbonyl (C=O) groups excluding carboxylic acids is 1. The predicted octanol–water partition coefficient (Wildman–Crippen LogP) is 6.45. The van der Waals surface area contributed by atoms with Gasteiger partial charge in [-0.3, -0.25) is 4.79 Å². The van der Waals surface area contributed by atoms with Gasteiger partial charge in [-0.1, -0.05) is 6.07 Å². The van der Waals surface area contributed by atoms with Crippen molar-refractivity contribution in [2.45, 2.75) is 6.18 Å². The zero-order valence-corrected chi connectivity index (χ0v) is 15.0. The van der Waals surface area contributed by atoms with Crippen LogP contribution in [0.3, 0.4) is 0 Å². The molecule has 2 N–H and O–H groups in total. The Morgan fingerprint density at radius 1 is 0.828 bits per heavy atom. The maximum absolute atomic E-state index is 12.6. The Hall–Kier alpha value is -3.74.